The van der Waals surface area contributed by atoms with Gasteiger partial charge in [-0.3, -0.25) is 4.79 Å². The normalized spacial score (nSPS) is 10.6. The maximum atomic E-state index is 12.5. The molecule has 0 radical (unpaired) electrons. The number of nitrogens with one attached hydrogen (secondary N) is 1. The molecule has 0 aliphatic carbocycles. The van der Waals surface area contributed by atoms with Crippen molar-refractivity contribution < 1.29 is 14.3 Å². The second-order valence-corrected chi connectivity index (χ2v) is 7.32. The maximum Gasteiger partial charge on any atom is 0.234 e. The molecule has 2 aromatic carbocycles. The fourth-order valence-corrected chi connectivity index (χ4v) is 3.90. The number of carbonyl (C=O) groups is 1. The zero-order chi connectivity index (χ0) is 19.8. The molecule has 0 atom stereocenters. The van der Waals surface area contributed by atoms with Gasteiger partial charge in [0.05, 0.1) is 20.0 Å². The second-order valence-electron chi connectivity index (χ2n) is 6.33. The summed E-state index contributed by atoms with van der Waals surface area (Å²) in [4.78, 5) is 12.5. The van der Waals surface area contributed by atoms with Gasteiger partial charge in [-0.15, -0.1) is 11.8 Å². The number of rotatable bonds is 9. The van der Waals surface area contributed by atoms with Gasteiger partial charge in [-0.2, -0.15) is 0 Å². The van der Waals surface area contributed by atoms with Crippen molar-refractivity contribution in [3.8, 4) is 11.5 Å². The van der Waals surface area contributed by atoms with Crippen LogP contribution >= 0.6 is 11.8 Å². The summed E-state index contributed by atoms with van der Waals surface area (Å²) in [6.45, 7) is 6.26. The summed E-state index contributed by atoms with van der Waals surface area (Å²) in [5, 5.41) is 3.12. The van der Waals surface area contributed by atoms with Gasteiger partial charge in [0, 0.05) is 11.4 Å². The Morgan fingerprint density at radius 2 is 1.59 bits per heavy atom. The molecule has 4 nitrogen and oxygen atoms in total. The molecule has 0 bridgehead atoms. The summed E-state index contributed by atoms with van der Waals surface area (Å²) in [6.07, 6.45) is 1.81. The van der Waals surface area contributed by atoms with Crippen molar-refractivity contribution in [2.45, 2.75) is 39.4 Å². The topological polar surface area (TPSA) is 47.6 Å². The molecule has 5 heteroatoms. The number of carbonyl (C=O) groups excluding carboxylic acids is 1. The number of methoxy groups -OCH3 is 2. The standard InChI is InChI=1S/C22H29NO3S/c1-6-16-9-8-10-17(7-2)22(16)23-21(24)14-27-13-18-12-20(26-5)19(25-4)11-15(18)3/h8-12H,6-7,13-14H2,1-5H3,(H,23,24). The quantitative estimate of drug-likeness (QED) is 0.657. The van der Waals surface area contributed by atoms with E-state index in [1.165, 1.54) is 11.1 Å². The van der Waals surface area contributed by atoms with E-state index in [9.17, 15) is 4.79 Å². The molecule has 2 aromatic rings. The Labute approximate surface area is 166 Å². The third kappa shape index (κ3) is 5.42. The molecular weight excluding hydrogens is 358 g/mol. The molecular formula is C22H29NO3S. The van der Waals surface area contributed by atoms with Crippen molar-refractivity contribution >= 4 is 23.4 Å². The van der Waals surface area contributed by atoms with E-state index in [0.717, 1.165) is 41.2 Å². The number of thioether (sulfide) groups is 1. The second kappa shape index (κ2) is 10.3. The molecule has 2 rings (SSSR count). The third-order valence-corrected chi connectivity index (χ3v) is 5.58. The lowest BCUT2D eigenvalue weighted by atomic mass is 10.0. The van der Waals surface area contributed by atoms with Gasteiger partial charge < -0.3 is 14.8 Å². The Bertz CT molecular complexity index is 767. The fourth-order valence-electron chi connectivity index (χ4n) is 3.01. The van der Waals surface area contributed by atoms with Crippen molar-refractivity contribution in [3.63, 3.8) is 0 Å². The zero-order valence-corrected chi connectivity index (χ0v) is 17.7. The summed E-state index contributed by atoms with van der Waals surface area (Å²) in [5.74, 6) is 2.64. The smallest absolute Gasteiger partial charge is 0.234 e. The van der Waals surface area contributed by atoms with E-state index in [-0.39, 0.29) is 5.91 Å². The average Bonchev–Trinajstić information content (AvgIpc) is 2.68. The highest BCUT2D eigenvalue weighted by Gasteiger charge is 2.12. The van der Waals surface area contributed by atoms with Gasteiger partial charge in [-0.05, 0) is 54.2 Å². The molecule has 0 saturated carbocycles. The summed E-state index contributed by atoms with van der Waals surface area (Å²) >= 11 is 1.60. The molecule has 0 spiro atoms. The minimum atomic E-state index is 0.0359. The summed E-state index contributed by atoms with van der Waals surface area (Å²) in [7, 11) is 3.27. The lowest BCUT2D eigenvalue weighted by molar-refractivity contribution is -0.113. The minimum Gasteiger partial charge on any atom is -0.493 e. The first kappa shape index (κ1) is 21.2. The summed E-state index contributed by atoms with van der Waals surface area (Å²) in [6, 6.07) is 10.2. The first-order chi connectivity index (χ1) is 13.0. The largest absolute Gasteiger partial charge is 0.493 e. The van der Waals surface area contributed by atoms with Crippen LogP contribution < -0.4 is 14.8 Å². The maximum absolute atomic E-state index is 12.5. The van der Waals surface area contributed by atoms with Crippen LogP contribution in [-0.2, 0) is 23.4 Å². The van der Waals surface area contributed by atoms with Crippen LogP contribution in [0.25, 0.3) is 0 Å². The van der Waals surface area contributed by atoms with Crippen molar-refractivity contribution in [2.75, 3.05) is 25.3 Å². The number of hydrogen-bond donors (Lipinski definition) is 1. The molecule has 27 heavy (non-hydrogen) atoms. The number of para-hydroxylation sites is 1. The molecule has 0 aliphatic rings. The van der Waals surface area contributed by atoms with Gasteiger partial charge in [0.15, 0.2) is 11.5 Å². The number of anilines is 1. The van der Waals surface area contributed by atoms with Crippen LogP contribution in [0.15, 0.2) is 30.3 Å². The number of hydrogen-bond acceptors (Lipinski definition) is 4. The predicted molar refractivity (Wildman–Crippen MR) is 114 cm³/mol. The molecule has 0 fully saturated rings. The van der Waals surface area contributed by atoms with Gasteiger partial charge in [-0.1, -0.05) is 32.0 Å². The Kier molecular flexibility index (Phi) is 8.04. The van der Waals surface area contributed by atoms with Crippen molar-refractivity contribution in [3.05, 3.63) is 52.6 Å². The fraction of sp³-hybridized carbons (Fsp3) is 0.409. The predicted octanol–water partition coefficient (Wildman–Crippen LogP) is 5.01. The van der Waals surface area contributed by atoms with E-state index in [1.807, 2.05) is 19.1 Å². The van der Waals surface area contributed by atoms with Gasteiger partial charge >= 0.3 is 0 Å². The minimum absolute atomic E-state index is 0.0359. The van der Waals surface area contributed by atoms with E-state index in [2.05, 4.69) is 37.4 Å². The van der Waals surface area contributed by atoms with Gasteiger partial charge in [0.2, 0.25) is 5.91 Å². The van der Waals surface area contributed by atoms with Gasteiger partial charge in [0.1, 0.15) is 0 Å². The van der Waals surface area contributed by atoms with Crippen LogP contribution in [0, 0.1) is 6.92 Å². The Morgan fingerprint density at radius 3 is 2.15 bits per heavy atom. The highest BCUT2D eigenvalue weighted by Crippen LogP contribution is 2.32. The van der Waals surface area contributed by atoms with Crippen LogP contribution in [0.3, 0.4) is 0 Å². The first-order valence-electron chi connectivity index (χ1n) is 9.23. The Morgan fingerprint density at radius 1 is 1.00 bits per heavy atom. The van der Waals surface area contributed by atoms with Crippen molar-refractivity contribution in [1.82, 2.24) is 0 Å². The monoisotopic (exact) mass is 387 g/mol. The van der Waals surface area contributed by atoms with Crippen LogP contribution in [0.1, 0.15) is 36.1 Å². The van der Waals surface area contributed by atoms with Crippen LogP contribution in [0.2, 0.25) is 0 Å². The lowest BCUT2D eigenvalue weighted by Crippen LogP contribution is -2.17. The Hall–Kier alpha value is -2.14. The lowest BCUT2D eigenvalue weighted by Gasteiger charge is -2.15. The van der Waals surface area contributed by atoms with Crippen LogP contribution in [0.5, 0.6) is 11.5 Å². The van der Waals surface area contributed by atoms with Crippen molar-refractivity contribution in [1.29, 1.82) is 0 Å². The van der Waals surface area contributed by atoms with Crippen LogP contribution in [0.4, 0.5) is 5.69 Å². The Balaban J connectivity index is 2.00. The molecule has 1 amide bonds. The van der Waals surface area contributed by atoms with Crippen molar-refractivity contribution in [2.24, 2.45) is 0 Å². The number of amides is 1. The molecule has 0 heterocycles. The van der Waals surface area contributed by atoms with E-state index < -0.39 is 0 Å². The highest BCUT2D eigenvalue weighted by atomic mass is 32.2. The molecule has 1 N–H and O–H groups in total. The van der Waals surface area contributed by atoms with E-state index in [1.54, 1.807) is 26.0 Å². The summed E-state index contributed by atoms with van der Waals surface area (Å²) in [5.41, 5.74) is 5.63. The van der Waals surface area contributed by atoms with Gasteiger partial charge in [-0.25, -0.2) is 0 Å². The first-order valence-corrected chi connectivity index (χ1v) is 10.4. The zero-order valence-electron chi connectivity index (χ0n) is 16.8. The molecule has 0 unspecified atom stereocenters. The van der Waals surface area contributed by atoms with Crippen LogP contribution in [-0.4, -0.2) is 25.9 Å². The average molecular weight is 388 g/mol. The molecule has 146 valence electrons. The van der Waals surface area contributed by atoms with E-state index in [0.29, 0.717) is 11.5 Å². The number of benzene rings is 2. The van der Waals surface area contributed by atoms with E-state index >= 15 is 0 Å². The molecule has 0 aromatic heterocycles. The number of aryl methyl sites for hydroxylation is 3. The summed E-state index contributed by atoms with van der Waals surface area (Å²) < 4.78 is 10.7. The van der Waals surface area contributed by atoms with Gasteiger partial charge in [0.25, 0.3) is 0 Å². The highest BCUT2D eigenvalue weighted by molar-refractivity contribution is 7.99. The third-order valence-electron chi connectivity index (χ3n) is 4.60. The molecule has 0 saturated heterocycles. The molecule has 0 aliphatic heterocycles. The SMILES string of the molecule is CCc1cccc(CC)c1NC(=O)CSCc1cc(OC)c(OC)cc1C. The number of ether oxygens (including phenoxy) is 2. The van der Waals surface area contributed by atoms with E-state index in [4.69, 9.17) is 9.47 Å².